The second-order valence-corrected chi connectivity index (χ2v) is 6.40. The van der Waals surface area contributed by atoms with E-state index in [-0.39, 0.29) is 23.7 Å². The second-order valence-electron chi connectivity index (χ2n) is 5.61. The third-order valence-corrected chi connectivity index (χ3v) is 4.71. The summed E-state index contributed by atoms with van der Waals surface area (Å²) in [6, 6.07) is 8.69. The van der Waals surface area contributed by atoms with Crippen LogP contribution in [0.3, 0.4) is 0 Å². The molecule has 1 aliphatic carbocycles. The van der Waals surface area contributed by atoms with E-state index in [0.717, 1.165) is 5.56 Å². The van der Waals surface area contributed by atoms with E-state index in [1.54, 1.807) is 30.6 Å². The molecule has 0 aliphatic heterocycles. The van der Waals surface area contributed by atoms with Gasteiger partial charge in [0.2, 0.25) is 11.8 Å². The van der Waals surface area contributed by atoms with Crippen LogP contribution in [0.15, 0.2) is 42.7 Å². The standard InChI is InChI=1S/C17H15Cl2N3O2/c18-13-2-1-3-14(15(13)19)22-17(24)12-8-11(12)16(23)21-9-10-4-6-20-7-5-10/h1-7,11-12H,8-9H2,(H,21,23)(H,22,24). The molecule has 1 saturated carbocycles. The average Bonchev–Trinajstić information content (AvgIpc) is 3.39. The van der Waals surface area contributed by atoms with Gasteiger partial charge in [-0.1, -0.05) is 29.3 Å². The predicted octanol–water partition coefficient (Wildman–Crippen LogP) is 3.28. The Morgan fingerprint density at radius 3 is 2.54 bits per heavy atom. The summed E-state index contributed by atoms with van der Waals surface area (Å²) in [5.74, 6) is -0.977. The Bertz CT molecular complexity index is 768. The molecule has 0 spiro atoms. The maximum atomic E-state index is 12.2. The quantitative estimate of drug-likeness (QED) is 0.855. The molecule has 7 heteroatoms. The summed E-state index contributed by atoms with van der Waals surface area (Å²) >= 11 is 12.0. The van der Waals surface area contributed by atoms with Crippen molar-refractivity contribution in [1.29, 1.82) is 0 Å². The van der Waals surface area contributed by atoms with Gasteiger partial charge < -0.3 is 10.6 Å². The first-order valence-electron chi connectivity index (χ1n) is 7.47. The highest BCUT2D eigenvalue weighted by Crippen LogP contribution is 2.40. The second kappa shape index (κ2) is 7.20. The topological polar surface area (TPSA) is 71.1 Å². The number of halogens is 2. The molecule has 124 valence electrons. The number of nitrogens with zero attached hydrogens (tertiary/aromatic N) is 1. The van der Waals surface area contributed by atoms with Crippen LogP contribution >= 0.6 is 23.2 Å². The fraction of sp³-hybridized carbons (Fsp3) is 0.235. The zero-order valence-corrected chi connectivity index (χ0v) is 14.1. The third kappa shape index (κ3) is 3.86. The summed E-state index contributed by atoms with van der Waals surface area (Å²) in [6.45, 7) is 0.423. The van der Waals surface area contributed by atoms with Gasteiger partial charge in [-0.3, -0.25) is 14.6 Å². The van der Waals surface area contributed by atoms with E-state index in [2.05, 4.69) is 15.6 Å². The molecule has 2 unspecified atom stereocenters. The van der Waals surface area contributed by atoms with Crippen LogP contribution in [0.4, 0.5) is 5.69 Å². The van der Waals surface area contributed by atoms with Gasteiger partial charge in [0.05, 0.1) is 27.6 Å². The van der Waals surface area contributed by atoms with Crippen LogP contribution in [0.25, 0.3) is 0 Å². The number of anilines is 1. The van der Waals surface area contributed by atoms with Gasteiger partial charge in [-0.05, 0) is 36.2 Å². The third-order valence-electron chi connectivity index (χ3n) is 3.89. The van der Waals surface area contributed by atoms with E-state index in [1.807, 2.05) is 12.1 Å². The maximum absolute atomic E-state index is 12.2. The van der Waals surface area contributed by atoms with Gasteiger partial charge >= 0.3 is 0 Å². The maximum Gasteiger partial charge on any atom is 0.228 e. The number of rotatable bonds is 5. The molecule has 3 rings (SSSR count). The predicted molar refractivity (Wildman–Crippen MR) is 92.8 cm³/mol. The summed E-state index contributed by atoms with van der Waals surface area (Å²) in [5, 5.41) is 6.23. The summed E-state index contributed by atoms with van der Waals surface area (Å²) in [4.78, 5) is 28.3. The van der Waals surface area contributed by atoms with Crippen molar-refractivity contribution in [2.24, 2.45) is 11.8 Å². The van der Waals surface area contributed by atoms with Crippen molar-refractivity contribution >= 4 is 40.7 Å². The molecule has 1 fully saturated rings. The Hall–Kier alpha value is -2.11. The molecule has 24 heavy (non-hydrogen) atoms. The zero-order chi connectivity index (χ0) is 17.1. The van der Waals surface area contributed by atoms with Crippen LogP contribution in [0.2, 0.25) is 10.0 Å². The number of benzene rings is 1. The number of aromatic nitrogens is 1. The average molecular weight is 364 g/mol. The fourth-order valence-electron chi connectivity index (χ4n) is 2.42. The van der Waals surface area contributed by atoms with Crippen LogP contribution < -0.4 is 10.6 Å². The Kier molecular flexibility index (Phi) is 5.02. The van der Waals surface area contributed by atoms with Crippen molar-refractivity contribution in [1.82, 2.24) is 10.3 Å². The van der Waals surface area contributed by atoms with Crippen molar-refractivity contribution < 1.29 is 9.59 Å². The van der Waals surface area contributed by atoms with E-state index in [9.17, 15) is 9.59 Å². The van der Waals surface area contributed by atoms with Crippen molar-refractivity contribution in [3.05, 3.63) is 58.3 Å². The molecule has 1 aromatic heterocycles. The minimum atomic E-state index is -0.336. The van der Waals surface area contributed by atoms with E-state index in [4.69, 9.17) is 23.2 Å². The molecule has 1 aromatic carbocycles. The Labute approximate surface area is 149 Å². The van der Waals surface area contributed by atoms with Gasteiger partial charge in [0.1, 0.15) is 0 Å². The smallest absolute Gasteiger partial charge is 0.228 e. The highest BCUT2D eigenvalue weighted by Gasteiger charge is 2.48. The number of carbonyl (C=O) groups excluding carboxylic acids is 2. The molecule has 5 nitrogen and oxygen atoms in total. The van der Waals surface area contributed by atoms with E-state index < -0.39 is 0 Å². The van der Waals surface area contributed by atoms with Crippen LogP contribution in [-0.2, 0) is 16.1 Å². The Balaban J connectivity index is 1.52. The van der Waals surface area contributed by atoms with Crippen LogP contribution in [0.5, 0.6) is 0 Å². The fourth-order valence-corrected chi connectivity index (χ4v) is 2.77. The summed E-state index contributed by atoms with van der Waals surface area (Å²) in [6.07, 6.45) is 3.87. The molecule has 2 aromatic rings. The molecule has 0 saturated heterocycles. The normalized spacial score (nSPS) is 18.8. The van der Waals surface area contributed by atoms with E-state index in [0.29, 0.717) is 28.7 Å². The van der Waals surface area contributed by atoms with E-state index >= 15 is 0 Å². The lowest BCUT2D eigenvalue weighted by Crippen LogP contribution is -2.27. The minimum absolute atomic E-state index is 0.121. The lowest BCUT2D eigenvalue weighted by molar-refractivity contribution is -0.125. The van der Waals surface area contributed by atoms with Crippen LogP contribution in [0, 0.1) is 11.8 Å². The highest BCUT2D eigenvalue weighted by molar-refractivity contribution is 6.44. The van der Waals surface area contributed by atoms with Gasteiger partial charge in [-0.25, -0.2) is 0 Å². The number of amides is 2. The molecular formula is C17H15Cl2N3O2. The largest absolute Gasteiger partial charge is 0.352 e. The van der Waals surface area contributed by atoms with Crippen molar-refractivity contribution in [2.75, 3.05) is 5.32 Å². The van der Waals surface area contributed by atoms with Crippen molar-refractivity contribution in [2.45, 2.75) is 13.0 Å². The first-order valence-corrected chi connectivity index (χ1v) is 8.23. The number of hydrogen-bond acceptors (Lipinski definition) is 3. The lowest BCUT2D eigenvalue weighted by atomic mass is 10.2. The molecule has 2 amide bonds. The van der Waals surface area contributed by atoms with Gasteiger partial charge in [0.25, 0.3) is 0 Å². The number of nitrogens with one attached hydrogen (secondary N) is 2. The van der Waals surface area contributed by atoms with Gasteiger partial charge in [-0.2, -0.15) is 0 Å². The van der Waals surface area contributed by atoms with Crippen molar-refractivity contribution in [3.8, 4) is 0 Å². The highest BCUT2D eigenvalue weighted by atomic mass is 35.5. The van der Waals surface area contributed by atoms with Crippen molar-refractivity contribution in [3.63, 3.8) is 0 Å². The summed E-state index contributed by atoms with van der Waals surface area (Å²) in [5.41, 5.74) is 1.42. The number of hydrogen-bond donors (Lipinski definition) is 2. The number of carbonyl (C=O) groups is 2. The van der Waals surface area contributed by atoms with E-state index in [1.165, 1.54) is 0 Å². The van der Waals surface area contributed by atoms with Crippen LogP contribution in [0.1, 0.15) is 12.0 Å². The SMILES string of the molecule is O=C(NCc1ccncc1)C1CC1C(=O)Nc1cccc(Cl)c1Cl. The summed E-state index contributed by atoms with van der Waals surface area (Å²) in [7, 11) is 0. The molecule has 0 bridgehead atoms. The number of pyridine rings is 1. The molecule has 1 heterocycles. The van der Waals surface area contributed by atoms with Gasteiger partial charge in [-0.15, -0.1) is 0 Å². The molecule has 2 atom stereocenters. The molecule has 0 radical (unpaired) electrons. The van der Waals surface area contributed by atoms with Crippen LogP contribution in [-0.4, -0.2) is 16.8 Å². The molecule has 1 aliphatic rings. The molecule has 2 N–H and O–H groups in total. The first-order chi connectivity index (χ1) is 11.6. The summed E-state index contributed by atoms with van der Waals surface area (Å²) < 4.78 is 0. The zero-order valence-electron chi connectivity index (χ0n) is 12.6. The minimum Gasteiger partial charge on any atom is -0.352 e. The molecular weight excluding hydrogens is 349 g/mol. The monoisotopic (exact) mass is 363 g/mol. The van der Waals surface area contributed by atoms with Gasteiger partial charge in [0, 0.05) is 18.9 Å². The first kappa shape index (κ1) is 16.7. The van der Waals surface area contributed by atoms with Gasteiger partial charge in [0.15, 0.2) is 0 Å². The lowest BCUT2D eigenvalue weighted by Gasteiger charge is -2.08. The Morgan fingerprint density at radius 2 is 1.79 bits per heavy atom. The Morgan fingerprint density at radius 1 is 1.08 bits per heavy atom.